The number of nitrogens with zero attached hydrogens (tertiary/aromatic N) is 3. The summed E-state index contributed by atoms with van der Waals surface area (Å²) in [6.07, 6.45) is 2.74. The monoisotopic (exact) mass is 463 g/mol. The van der Waals surface area contributed by atoms with Crippen LogP contribution in [0.3, 0.4) is 0 Å². The molecule has 0 spiro atoms. The first-order valence-corrected chi connectivity index (χ1v) is 11.9. The molecule has 4 N–H and O–H groups in total. The first-order valence-electron chi connectivity index (χ1n) is 11.9. The van der Waals surface area contributed by atoms with E-state index in [2.05, 4.69) is 49.0 Å². The second-order valence-electron chi connectivity index (χ2n) is 9.52. The number of imidazole rings is 1. The summed E-state index contributed by atoms with van der Waals surface area (Å²) >= 11 is 0. The number of carbonyl (C=O) groups is 1. The first-order chi connectivity index (χ1) is 16.3. The minimum Gasteiger partial charge on any atom is -0.395 e. The molecule has 1 heterocycles. The lowest BCUT2D eigenvalue weighted by atomic mass is 9.84. The van der Waals surface area contributed by atoms with E-state index < -0.39 is 0 Å². The maximum Gasteiger partial charge on any atom is 0.318 e. The van der Waals surface area contributed by atoms with Gasteiger partial charge in [-0.3, -0.25) is 0 Å². The van der Waals surface area contributed by atoms with E-state index in [0.717, 1.165) is 22.6 Å². The normalized spacial score (nSPS) is 12.4. The summed E-state index contributed by atoms with van der Waals surface area (Å²) in [4.78, 5) is 20.2. The smallest absolute Gasteiger partial charge is 0.318 e. The number of aliphatic hydroxyl groups is 1. The van der Waals surface area contributed by atoms with Crippen molar-refractivity contribution in [3.8, 4) is 11.3 Å². The molecule has 2 amide bonds. The Kier molecular flexibility index (Phi) is 8.85. The highest BCUT2D eigenvalue weighted by Crippen LogP contribution is 2.39. The summed E-state index contributed by atoms with van der Waals surface area (Å²) in [6, 6.07) is 19.8. The van der Waals surface area contributed by atoms with Crippen LogP contribution in [0.15, 0.2) is 66.9 Å². The van der Waals surface area contributed by atoms with Crippen LogP contribution in [0.25, 0.3) is 11.3 Å². The van der Waals surface area contributed by atoms with E-state index >= 15 is 0 Å². The van der Waals surface area contributed by atoms with Crippen LogP contribution in [0.1, 0.15) is 44.6 Å². The minimum absolute atomic E-state index is 0.114. The van der Waals surface area contributed by atoms with Gasteiger partial charge in [-0.15, -0.1) is 0 Å². The van der Waals surface area contributed by atoms with E-state index in [-0.39, 0.29) is 30.6 Å². The average molecular weight is 464 g/mol. The summed E-state index contributed by atoms with van der Waals surface area (Å²) < 4.78 is 2.16. The van der Waals surface area contributed by atoms with E-state index in [0.29, 0.717) is 26.1 Å². The van der Waals surface area contributed by atoms with E-state index in [1.807, 2.05) is 53.4 Å². The fourth-order valence-electron chi connectivity index (χ4n) is 4.17. The van der Waals surface area contributed by atoms with Crippen LogP contribution in [0.4, 0.5) is 4.79 Å². The molecule has 34 heavy (non-hydrogen) atoms. The SMILES string of the molecule is CC(C)(C)[C@H](c1nc(-c2ccccc2)cn1Cc1ccccc1)N(CCCN)C(=O)NCCO. The van der Waals surface area contributed by atoms with Gasteiger partial charge in [0.2, 0.25) is 0 Å². The number of urea groups is 1. The van der Waals surface area contributed by atoms with Gasteiger partial charge in [0.1, 0.15) is 5.82 Å². The third kappa shape index (κ3) is 6.46. The summed E-state index contributed by atoms with van der Waals surface area (Å²) in [5, 5.41) is 12.1. The standard InChI is InChI=1S/C27H37N5O2/c1-27(2,3)24(32(17-10-15-28)26(34)29-16-18-33)25-30-23(22-13-8-5-9-14-22)20-31(25)19-21-11-6-4-7-12-21/h4-9,11-14,20,24,33H,10,15-19,28H2,1-3H3,(H,29,34)/t24-/m0/s1. The molecule has 0 aliphatic rings. The second-order valence-corrected chi connectivity index (χ2v) is 9.52. The Labute approximate surface area is 202 Å². The molecule has 0 radical (unpaired) electrons. The van der Waals surface area contributed by atoms with E-state index in [1.54, 1.807) is 0 Å². The van der Waals surface area contributed by atoms with Crippen molar-refractivity contribution in [3.05, 3.63) is 78.2 Å². The third-order valence-electron chi connectivity index (χ3n) is 5.70. The molecule has 182 valence electrons. The lowest BCUT2D eigenvalue weighted by molar-refractivity contribution is 0.107. The molecule has 0 aliphatic heterocycles. The van der Waals surface area contributed by atoms with Gasteiger partial charge in [0.05, 0.1) is 18.3 Å². The molecule has 7 nitrogen and oxygen atoms in total. The molecule has 3 aromatic rings. The van der Waals surface area contributed by atoms with Gasteiger partial charge in [-0.25, -0.2) is 9.78 Å². The number of rotatable bonds is 10. The van der Waals surface area contributed by atoms with Gasteiger partial charge in [0, 0.05) is 31.4 Å². The highest BCUT2D eigenvalue weighted by atomic mass is 16.3. The molecule has 0 unspecified atom stereocenters. The average Bonchev–Trinajstić information content (AvgIpc) is 3.23. The van der Waals surface area contributed by atoms with Crippen LogP contribution in [0.5, 0.6) is 0 Å². The van der Waals surface area contributed by atoms with Crippen molar-refractivity contribution in [2.45, 2.75) is 39.8 Å². The zero-order chi connectivity index (χ0) is 24.6. The predicted molar refractivity (Wildman–Crippen MR) is 136 cm³/mol. The summed E-state index contributed by atoms with van der Waals surface area (Å²) in [6.45, 7) is 8.07. The molecule has 0 saturated heterocycles. The number of hydrogen-bond acceptors (Lipinski definition) is 4. The molecule has 1 aromatic heterocycles. The van der Waals surface area contributed by atoms with Gasteiger partial charge in [0.15, 0.2) is 0 Å². The van der Waals surface area contributed by atoms with Gasteiger partial charge in [0.25, 0.3) is 0 Å². The molecule has 1 atom stereocenters. The quantitative estimate of drug-likeness (QED) is 0.423. The lowest BCUT2D eigenvalue weighted by Gasteiger charge is -2.40. The molecule has 0 aliphatic carbocycles. The van der Waals surface area contributed by atoms with Crippen molar-refractivity contribution >= 4 is 6.03 Å². The Morgan fingerprint density at radius 1 is 1.12 bits per heavy atom. The Morgan fingerprint density at radius 3 is 2.35 bits per heavy atom. The maximum absolute atomic E-state index is 13.2. The van der Waals surface area contributed by atoms with Crippen LogP contribution >= 0.6 is 0 Å². The van der Waals surface area contributed by atoms with E-state index in [9.17, 15) is 9.90 Å². The Morgan fingerprint density at radius 2 is 1.76 bits per heavy atom. The Hall–Kier alpha value is -3.16. The highest BCUT2D eigenvalue weighted by Gasteiger charge is 2.38. The van der Waals surface area contributed by atoms with E-state index in [4.69, 9.17) is 10.7 Å². The molecule has 3 rings (SSSR count). The number of hydrogen-bond donors (Lipinski definition) is 3. The number of aromatic nitrogens is 2. The third-order valence-corrected chi connectivity index (χ3v) is 5.70. The van der Waals surface area contributed by atoms with Crippen molar-refractivity contribution in [3.63, 3.8) is 0 Å². The van der Waals surface area contributed by atoms with Crippen LogP contribution in [0, 0.1) is 5.41 Å². The van der Waals surface area contributed by atoms with Gasteiger partial charge in [-0.05, 0) is 23.9 Å². The summed E-state index contributed by atoms with van der Waals surface area (Å²) in [7, 11) is 0. The van der Waals surface area contributed by atoms with Crippen molar-refractivity contribution in [2.24, 2.45) is 11.1 Å². The molecule has 0 saturated carbocycles. The number of carbonyl (C=O) groups excluding carboxylic acids is 1. The van der Waals surface area contributed by atoms with Crippen molar-refractivity contribution in [1.82, 2.24) is 19.8 Å². The summed E-state index contributed by atoms with van der Waals surface area (Å²) in [5.41, 5.74) is 8.57. The van der Waals surface area contributed by atoms with Crippen LogP contribution in [-0.4, -0.2) is 51.8 Å². The Bertz CT molecular complexity index is 1030. The zero-order valence-electron chi connectivity index (χ0n) is 20.4. The number of amides is 2. The van der Waals surface area contributed by atoms with Crippen LogP contribution in [0.2, 0.25) is 0 Å². The van der Waals surface area contributed by atoms with Gasteiger partial charge < -0.3 is 25.6 Å². The fraction of sp³-hybridized carbons (Fsp3) is 0.407. The number of nitrogens with two attached hydrogens (primary N) is 1. The predicted octanol–water partition coefficient (Wildman–Crippen LogP) is 4.04. The van der Waals surface area contributed by atoms with Gasteiger partial charge in [-0.2, -0.15) is 0 Å². The van der Waals surface area contributed by atoms with Crippen molar-refractivity contribution < 1.29 is 9.90 Å². The Balaban J connectivity index is 2.12. The zero-order valence-corrected chi connectivity index (χ0v) is 20.4. The fourth-order valence-corrected chi connectivity index (χ4v) is 4.17. The van der Waals surface area contributed by atoms with Crippen molar-refractivity contribution in [2.75, 3.05) is 26.2 Å². The first kappa shape index (κ1) is 25.5. The second kappa shape index (κ2) is 11.8. The summed E-state index contributed by atoms with van der Waals surface area (Å²) in [5.74, 6) is 0.825. The molecular formula is C27H37N5O2. The molecule has 0 fully saturated rings. The topological polar surface area (TPSA) is 96.4 Å². The van der Waals surface area contributed by atoms with E-state index in [1.165, 1.54) is 0 Å². The number of nitrogens with one attached hydrogen (secondary N) is 1. The van der Waals surface area contributed by atoms with Crippen molar-refractivity contribution in [1.29, 1.82) is 0 Å². The minimum atomic E-state index is -0.307. The molecule has 7 heteroatoms. The number of aliphatic hydroxyl groups excluding tert-OH is 1. The van der Waals surface area contributed by atoms with Gasteiger partial charge >= 0.3 is 6.03 Å². The number of benzene rings is 2. The lowest BCUT2D eigenvalue weighted by Crippen LogP contribution is -2.48. The molecule has 0 bridgehead atoms. The molecule has 2 aromatic carbocycles. The van der Waals surface area contributed by atoms with Crippen LogP contribution in [-0.2, 0) is 6.54 Å². The largest absolute Gasteiger partial charge is 0.395 e. The highest BCUT2D eigenvalue weighted by molar-refractivity contribution is 5.75. The molecular weight excluding hydrogens is 426 g/mol. The van der Waals surface area contributed by atoms with Gasteiger partial charge in [-0.1, -0.05) is 81.4 Å². The maximum atomic E-state index is 13.2. The van der Waals surface area contributed by atoms with Crippen LogP contribution < -0.4 is 11.1 Å².